The minimum absolute atomic E-state index is 0.735. The van der Waals surface area contributed by atoms with E-state index in [0.717, 1.165) is 17.9 Å². The van der Waals surface area contributed by atoms with Crippen LogP contribution >= 0.6 is 0 Å². The van der Waals surface area contributed by atoms with E-state index in [2.05, 4.69) is 29.1 Å². The lowest BCUT2D eigenvalue weighted by Crippen LogP contribution is -2.29. The Labute approximate surface area is 118 Å². The van der Waals surface area contributed by atoms with E-state index < -0.39 is 0 Å². The Morgan fingerprint density at radius 1 is 1.26 bits per heavy atom. The van der Waals surface area contributed by atoms with Crippen LogP contribution in [0.5, 0.6) is 0 Å². The van der Waals surface area contributed by atoms with Gasteiger partial charge in [0.2, 0.25) is 0 Å². The molecule has 3 nitrogen and oxygen atoms in total. The molecule has 0 spiro atoms. The number of carbonyl (C=O) groups excluding carboxylic acids is 1. The average molecular weight is 264 g/mol. The fourth-order valence-corrected chi connectivity index (χ4v) is 2.06. The number of carbonyl (C=O) groups is 1. The lowest BCUT2D eigenvalue weighted by Gasteiger charge is -2.28. The third-order valence-electron chi connectivity index (χ3n) is 3.12. The first-order chi connectivity index (χ1) is 9.17. The molecule has 0 bridgehead atoms. The standard InChI is InChI=1S/C12H18N2.C2H4O.C2H6/c1-10-3-4-12(9-13-10)11-5-7-14(2)8-6-11;1-2-3;1-2/h3-4,9,11H,5-8H2,1-2H3;2H,1H3;1-2H3. The summed E-state index contributed by atoms with van der Waals surface area (Å²) in [4.78, 5) is 15.6. The lowest BCUT2D eigenvalue weighted by molar-refractivity contribution is -0.106. The number of nitrogens with zero attached hydrogens (tertiary/aromatic N) is 2. The summed E-state index contributed by atoms with van der Waals surface area (Å²) >= 11 is 0. The number of rotatable bonds is 1. The topological polar surface area (TPSA) is 33.2 Å². The maximum absolute atomic E-state index is 8.81. The van der Waals surface area contributed by atoms with Crippen molar-refractivity contribution < 1.29 is 4.79 Å². The van der Waals surface area contributed by atoms with Gasteiger partial charge in [0.05, 0.1) is 0 Å². The first kappa shape index (κ1) is 17.8. The summed E-state index contributed by atoms with van der Waals surface area (Å²) in [6, 6.07) is 4.35. The van der Waals surface area contributed by atoms with Crippen molar-refractivity contribution >= 4 is 6.29 Å². The molecule has 1 fully saturated rings. The zero-order valence-corrected chi connectivity index (χ0v) is 13.0. The van der Waals surface area contributed by atoms with Crippen LogP contribution in [0.25, 0.3) is 0 Å². The van der Waals surface area contributed by atoms with E-state index in [-0.39, 0.29) is 0 Å². The van der Waals surface area contributed by atoms with Gasteiger partial charge >= 0.3 is 0 Å². The quantitative estimate of drug-likeness (QED) is 0.729. The van der Waals surface area contributed by atoms with Gasteiger partial charge in [-0.15, -0.1) is 0 Å². The van der Waals surface area contributed by atoms with Gasteiger partial charge in [-0.25, -0.2) is 0 Å². The average Bonchev–Trinajstić information content (AvgIpc) is 2.44. The molecule has 108 valence electrons. The molecule has 0 unspecified atom stereocenters. The molecule has 1 aromatic rings. The van der Waals surface area contributed by atoms with Crippen LogP contribution in [0.3, 0.4) is 0 Å². The number of aldehydes is 1. The molecular weight excluding hydrogens is 236 g/mol. The molecule has 0 aromatic carbocycles. The van der Waals surface area contributed by atoms with Crippen molar-refractivity contribution in [1.29, 1.82) is 0 Å². The minimum Gasteiger partial charge on any atom is -0.306 e. The first-order valence-electron chi connectivity index (χ1n) is 7.18. The summed E-state index contributed by atoms with van der Waals surface area (Å²) in [5, 5.41) is 0. The largest absolute Gasteiger partial charge is 0.306 e. The number of piperidine rings is 1. The Morgan fingerprint density at radius 3 is 2.21 bits per heavy atom. The minimum atomic E-state index is 0.735. The summed E-state index contributed by atoms with van der Waals surface area (Å²) in [6.45, 7) is 9.93. The van der Waals surface area contributed by atoms with Crippen LogP contribution in [-0.2, 0) is 4.79 Å². The second-order valence-electron chi connectivity index (χ2n) is 4.55. The predicted octanol–water partition coefficient (Wildman–Crippen LogP) is 3.43. The molecule has 0 atom stereocenters. The molecule has 0 N–H and O–H groups in total. The van der Waals surface area contributed by atoms with Crippen molar-refractivity contribution in [1.82, 2.24) is 9.88 Å². The molecule has 2 rings (SSSR count). The van der Waals surface area contributed by atoms with E-state index in [1.165, 1.54) is 38.4 Å². The molecule has 1 aliphatic rings. The van der Waals surface area contributed by atoms with E-state index in [1.54, 1.807) is 0 Å². The van der Waals surface area contributed by atoms with Crippen LogP contribution in [0.2, 0.25) is 0 Å². The van der Waals surface area contributed by atoms with Gasteiger partial charge < -0.3 is 9.69 Å². The highest BCUT2D eigenvalue weighted by Crippen LogP contribution is 2.26. The maximum Gasteiger partial charge on any atom is 0.116 e. The number of hydrogen-bond acceptors (Lipinski definition) is 3. The first-order valence-corrected chi connectivity index (χ1v) is 7.18. The molecule has 0 amide bonds. The molecule has 3 heteroatoms. The van der Waals surface area contributed by atoms with E-state index in [4.69, 9.17) is 4.79 Å². The lowest BCUT2D eigenvalue weighted by atomic mass is 9.91. The van der Waals surface area contributed by atoms with Crippen molar-refractivity contribution in [3.05, 3.63) is 29.6 Å². The predicted molar refractivity (Wildman–Crippen MR) is 81.5 cm³/mol. The Balaban J connectivity index is 0.000000573. The number of pyridine rings is 1. The molecule has 0 aliphatic carbocycles. The Bertz CT molecular complexity index is 327. The summed E-state index contributed by atoms with van der Waals surface area (Å²) < 4.78 is 0. The van der Waals surface area contributed by atoms with E-state index >= 15 is 0 Å². The van der Waals surface area contributed by atoms with Gasteiger partial charge in [-0.2, -0.15) is 0 Å². The van der Waals surface area contributed by atoms with E-state index in [1.807, 2.05) is 27.0 Å². The van der Waals surface area contributed by atoms with Crippen molar-refractivity contribution in [2.75, 3.05) is 20.1 Å². The molecule has 19 heavy (non-hydrogen) atoms. The summed E-state index contributed by atoms with van der Waals surface area (Å²) in [5.74, 6) is 0.735. The van der Waals surface area contributed by atoms with E-state index in [9.17, 15) is 0 Å². The van der Waals surface area contributed by atoms with Gasteiger partial charge in [-0.05, 0) is 64.4 Å². The highest BCUT2D eigenvalue weighted by molar-refractivity contribution is 5.44. The van der Waals surface area contributed by atoms with Crippen LogP contribution in [0.4, 0.5) is 0 Å². The van der Waals surface area contributed by atoms with Gasteiger partial charge in [0.25, 0.3) is 0 Å². The third kappa shape index (κ3) is 7.06. The highest BCUT2D eigenvalue weighted by Gasteiger charge is 2.18. The van der Waals surface area contributed by atoms with Gasteiger partial charge in [-0.1, -0.05) is 19.9 Å². The van der Waals surface area contributed by atoms with Crippen LogP contribution in [0.1, 0.15) is 50.8 Å². The Morgan fingerprint density at radius 2 is 1.79 bits per heavy atom. The summed E-state index contributed by atoms with van der Waals surface area (Å²) in [5.41, 5.74) is 2.53. The molecule has 2 heterocycles. The number of hydrogen-bond donors (Lipinski definition) is 0. The van der Waals surface area contributed by atoms with E-state index in [0.29, 0.717) is 0 Å². The van der Waals surface area contributed by atoms with Crippen LogP contribution in [0.15, 0.2) is 18.3 Å². The van der Waals surface area contributed by atoms with Gasteiger partial charge in [0.15, 0.2) is 0 Å². The molecular formula is C16H28N2O. The van der Waals surface area contributed by atoms with Crippen LogP contribution in [0, 0.1) is 6.92 Å². The second-order valence-corrected chi connectivity index (χ2v) is 4.55. The normalized spacial score (nSPS) is 15.6. The monoisotopic (exact) mass is 264 g/mol. The zero-order chi connectivity index (χ0) is 14.7. The fourth-order valence-electron chi connectivity index (χ4n) is 2.06. The number of aryl methyl sites for hydroxylation is 1. The SMILES string of the molecule is CC.CC=O.Cc1ccc(C2CCN(C)CC2)cn1. The van der Waals surface area contributed by atoms with Crippen molar-refractivity contribution in [2.45, 2.75) is 46.5 Å². The van der Waals surface area contributed by atoms with Gasteiger partial charge in [-0.3, -0.25) is 4.98 Å². The number of likely N-dealkylation sites (tertiary alicyclic amines) is 1. The van der Waals surface area contributed by atoms with Crippen LogP contribution in [-0.4, -0.2) is 36.3 Å². The van der Waals surface area contributed by atoms with Crippen molar-refractivity contribution in [3.63, 3.8) is 0 Å². The Kier molecular flexibility index (Phi) is 9.99. The number of aromatic nitrogens is 1. The summed E-state index contributed by atoms with van der Waals surface area (Å²) in [6.07, 6.45) is 5.35. The third-order valence-corrected chi connectivity index (χ3v) is 3.12. The maximum atomic E-state index is 8.81. The second kappa shape index (κ2) is 10.7. The zero-order valence-electron chi connectivity index (χ0n) is 13.0. The smallest absolute Gasteiger partial charge is 0.116 e. The molecule has 1 saturated heterocycles. The van der Waals surface area contributed by atoms with Crippen molar-refractivity contribution in [3.8, 4) is 0 Å². The van der Waals surface area contributed by atoms with Crippen molar-refractivity contribution in [2.24, 2.45) is 0 Å². The fraction of sp³-hybridized carbons (Fsp3) is 0.625. The van der Waals surface area contributed by atoms with Gasteiger partial charge in [0.1, 0.15) is 6.29 Å². The Hall–Kier alpha value is -1.22. The summed E-state index contributed by atoms with van der Waals surface area (Å²) in [7, 11) is 2.20. The molecule has 0 radical (unpaired) electrons. The molecule has 1 aromatic heterocycles. The molecule has 1 aliphatic heterocycles. The van der Waals surface area contributed by atoms with Gasteiger partial charge in [0, 0.05) is 11.9 Å². The highest BCUT2D eigenvalue weighted by atomic mass is 16.1. The molecule has 0 saturated carbocycles. The van der Waals surface area contributed by atoms with Crippen LogP contribution < -0.4 is 0 Å².